The van der Waals surface area contributed by atoms with Crippen LogP contribution in [0.5, 0.6) is 0 Å². The van der Waals surface area contributed by atoms with E-state index in [-0.39, 0.29) is 12.2 Å². The number of alkyl halides is 1. The average Bonchev–Trinajstić information content (AvgIpc) is 1.86. The Hall–Kier alpha value is -0.570. The number of esters is 1. The molecule has 0 saturated carbocycles. The van der Waals surface area contributed by atoms with Crippen molar-refractivity contribution in [2.24, 2.45) is 0 Å². The fourth-order valence-corrected chi connectivity index (χ4v) is 0.849. The molecule has 0 radical (unpaired) electrons. The zero-order chi connectivity index (χ0) is 8.85. The van der Waals surface area contributed by atoms with Crippen LogP contribution in [0, 0.1) is 0 Å². The molecule has 0 aliphatic carbocycles. The third-order valence-corrected chi connectivity index (χ3v) is 1.34. The van der Waals surface area contributed by atoms with E-state index in [1.807, 2.05) is 0 Å². The van der Waals surface area contributed by atoms with Crippen molar-refractivity contribution in [3.8, 4) is 0 Å². The summed E-state index contributed by atoms with van der Waals surface area (Å²) in [5.74, 6) is -0.637. The van der Waals surface area contributed by atoms with Gasteiger partial charge in [0.25, 0.3) is 0 Å². The summed E-state index contributed by atoms with van der Waals surface area (Å²) in [6, 6.07) is 0. The first kappa shape index (κ1) is 10.4. The molecular weight excluding hydrogens is 168 g/mol. The summed E-state index contributed by atoms with van der Waals surface area (Å²) in [5, 5.41) is -0.826. The molecule has 0 aliphatic rings. The lowest BCUT2D eigenvalue weighted by Crippen LogP contribution is -2.20. The molecule has 64 valence electrons. The van der Waals surface area contributed by atoms with E-state index in [1.54, 1.807) is 6.92 Å². The van der Waals surface area contributed by atoms with Gasteiger partial charge in [0.05, 0.1) is 6.61 Å². The Labute approximate surface area is 70.7 Å². The van der Waals surface area contributed by atoms with Gasteiger partial charge in [-0.1, -0.05) is 0 Å². The smallest absolute Gasteiger partial charge is 0.324 e. The predicted molar refractivity (Wildman–Crippen MR) is 41.6 cm³/mol. The molecular formula is C7H11ClO3. The SMILES string of the molecule is CCOC(=O)C(Cl)CC(C)=O. The van der Waals surface area contributed by atoms with Crippen LogP contribution in [-0.4, -0.2) is 23.7 Å². The minimum absolute atomic E-state index is 0.0421. The van der Waals surface area contributed by atoms with Crippen LogP contribution in [0.15, 0.2) is 0 Å². The molecule has 0 aromatic carbocycles. The second-order valence-corrected chi connectivity index (χ2v) is 2.65. The molecule has 0 amide bonds. The number of hydrogen-bond donors (Lipinski definition) is 0. The van der Waals surface area contributed by atoms with E-state index < -0.39 is 11.3 Å². The summed E-state index contributed by atoms with van der Waals surface area (Å²) in [5.41, 5.74) is 0. The number of halogens is 1. The standard InChI is InChI=1S/C7H11ClO3/c1-3-11-7(10)6(8)4-5(2)9/h6H,3-4H2,1-2H3. The van der Waals surface area contributed by atoms with E-state index >= 15 is 0 Å². The van der Waals surface area contributed by atoms with Gasteiger partial charge in [-0.2, -0.15) is 0 Å². The minimum atomic E-state index is -0.826. The summed E-state index contributed by atoms with van der Waals surface area (Å²) >= 11 is 5.51. The Kier molecular flexibility index (Phi) is 4.86. The van der Waals surface area contributed by atoms with Crippen LogP contribution < -0.4 is 0 Å². The lowest BCUT2D eigenvalue weighted by atomic mass is 10.2. The Morgan fingerprint density at radius 2 is 2.09 bits per heavy atom. The van der Waals surface area contributed by atoms with Crippen molar-refractivity contribution in [3.05, 3.63) is 0 Å². The van der Waals surface area contributed by atoms with Crippen LogP contribution in [0.1, 0.15) is 20.3 Å². The second-order valence-electron chi connectivity index (χ2n) is 2.13. The first-order valence-electron chi connectivity index (χ1n) is 3.38. The highest BCUT2D eigenvalue weighted by molar-refractivity contribution is 6.31. The van der Waals surface area contributed by atoms with Gasteiger partial charge >= 0.3 is 5.97 Å². The zero-order valence-corrected chi connectivity index (χ0v) is 7.35. The number of ether oxygens (including phenoxy) is 1. The summed E-state index contributed by atoms with van der Waals surface area (Å²) in [7, 11) is 0. The van der Waals surface area contributed by atoms with Crippen LogP contribution in [0.3, 0.4) is 0 Å². The van der Waals surface area contributed by atoms with Crippen molar-refractivity contribution in [2.45, 2.75) is 25.6 Å². The summed E-state index contributed by atoms with van der Waals surface area (Å²) in [6.45, 7) is 3.36. The van der Waals surface area contributed by atoms with Crippen molar-refractivity contribution in [2.75, 3.05) is 6.61 Å². The molecule has 1 unspecified atom stereocenters. The van der Waals surface area contributed by atoms with E-state index in [2.05, 4.69) is 4.74 Å². The zero-order valence-electron chi connectivity index (χ0n) is 6.59. The van der Waals surface area contributed by atoms with Gasteiger partial charge in [0.1, 0.15) is 11.2 Å². The number of Topliss-reactive ketones (excluding diaryl/α,β-unsaturated/α-hetero) is 1. The van der Waals surface area contributed by atoms with Crippen LogP contribution in [0.25, 0.3) is 0 Å². The molecule has 0 bridgehead atoms. The highest BCUT2D eigenvalue weighted by Crippen LogP contribution is 2.04. The molecule has 11 heavy (non-hydrogen) atoms. The molecule has 0 aliphatic heterocycles. The predicted octanol–water partition coefficient (Wildman–Crippen LogP) is 1.14. The molecule has 0 N–H and O–H groups in total. The molecule has 0 aromatic rings. The van der Waals surface area contributed by atoms with Crippen molar-refractivity contribution in [1.29, 1.82) is 0 Å². The molecule has 4 heteroatoms. The largest absolute Gasteiger partial charge is 0.465 e. The number of hydrogen-bond acceptors (Lipinski definition) is 3. The van der Waals surface area contributed by atoms with Gasteiger partial charge in [0.15, 0.2) is 0 Å². The molecule has 0 spiro atoms. The fraction of sp³-hybridized carbons (Fsp3) is 0.714. The number of rotatable bonds is 4. The quantitative estimate of drug-likeness (QED) is 0.479. The third kappa shape index (κ3) is 4.79. The lowest BCUT2D eigenvalue weighted by Gasteiger charge is -2.05. The molecule has 3 nitrogen and oxygen atoms in total. The van der Waals surface area contributed by atoms with E-state index in [4.69, 9.17) is 11.6 Å². The molecule has 0 aromatic heterocycles. The van der Waals surface area contributed by atoms with Gasteiger partial charge in [-0.05, 0) is 13.8 Å². The Bertz CT molecular complexity index is 156. The molecule has 0 fully saturated rings. The summed E-state index contributed by atoms with van der Waals surface area (Å²) in [4.78, 5) is 21.2. The summed E-state index contributed by atoms with van der Waals surface area (Å²) in [6.07, 6.45) is 0.0421. The van der Waals surface area contributed by atoms with Gasteiger partial charge in [-0.25, -0.2) is 0 Å². The van der Waals surface area contributed by atoms with Crippen molar-refractivity contribution in [1.82, 2.24) is 0 Å². The van der Waals surface area contributed by atoms with Gasteiger partial charge < -0.3 is 4.74 Å². The number of ketones is 1. The first-order chi connectivity index (χ1) is 5.07. The van der Waals surface area contributed by atoms with Crippen LogP contribution in [0.2, 0.25) is 0 Å². The van der Waals surface area contributed by atoms with Gasteiger partial charge in [-0.15, -0.1) is 11.6 Å². The minimum Gasteiger partial charge on any atom is -0.465 e. The topological polar surface area (TPSA) is 43.4 Å². The van der Waals surface area contributed by atoms with E-state index in [9.17, 15) is 9.59 Å². The van der Waals surface area contributed by atoms with Crippen molar-refractivity contribution in [3.63, 3.8) is 0 Å². The third-order valence-electron chi connectivity index (χ3n) is 1.01. The number of carbonyl (C=O) groups excluding carboxylic acids is 2. The molecule has 0 heterocycles. The second kappa shape index (κ2) is 5.13. The van der Waals surface area contributed by atoms with E-state index in [0.717, 1.165) is 0 Å². The van der Waals surface area contributed by atoms with Gasteiger partial charge in [-0.3, -0.25) is 9.59 Å². The Balaban J connectivity index is 3.73. The van der Waals surface area contributed by atoms with Crippen LogP contribution in [0.4, 0.5) is 0 Å². The van der Waals surface area contributed by atoms with Crippen LogP contribution >= 0.6 is 11.6 Å². The maximum absolute atomic E-state index is 10.8. The summed E-state index contributed by atoms with van der Waals surface area (Å²) < 4.78 is 4.58. The maximum Gasteiger partial charge on any atom is 0.324 e. The molecule has 0 saturated heterocycles. The van der Waals surface area contributed by atoms with Gasteiger partial charge in [0, 0.05) is 6.42 Å². The number of carbonyl (C=O) groups is 2. The van der Waals surface area contributed by atoms with Crippen molar-refractivity contribution < 1.29 is 14.3 Å². The highest BCUT2D eigenvalue weighted by atomic mass is 35.5. The van der Waals surface area contributed by atoms with Crippen molar-refractivity contribution >= 4 is 23.4 Å². The Morgan fingerprint density at radius 1 is 1.55 bits per heavy atom. The highest BCUT2D eigenvalue weighted by Gasteiger charge is 2.17. The molecule has 0 rings (SSSR count). The normalized spacial score (nSPS) is 12.3. The Morgan fingerprint density at radius 3 is 2.45 bits per heavy atom. The first-order valence-corrected chi connectivity index (χ1v) is 3.81. The maximum atomic E-state index is 10.8. The molecule has 1 atom stereocenters. The van der Waals surface area contributed by atoms with Crippen LogP contribution in [-0.2, 0) is 14.3 Å². The van der Waals surface area contributed by atoms with E-state index in [1.165, 1.54) is 6.92 Å². The fourth-order valence-electron chi connectivity index (χ4n) is 0.568. The van der Waals surface area contributed by atoms with Gasteiger partial charge in [0.2, 0.25) is 0 Å². The monoisotopic (exact) mass is 178 g/mol. The average molecular weight is 179 g/mol. The lowest BCUT2D eigenvalue weighted by molar-refractivity contribution is -0.143. The van der Waals surface area contributed by atoms with E-state index in [0.29, 0.717) is 6.61 Å².